The first kappa shape index (κ1) is 16.9. The van der Waals surface area contributed by atoms with Gasteiger partial charge in [-0.1, -0.05) is 41.5 Å². The third-order valence-corrected chi connectivity index (χ3v) is 4.36. The number of rotatable bonds is 9. The summed E-state index contributed by atoms with van der Waals surface area (Å²) in [6.07, 6.45) is 4.70. The summed E-state index contributed by atoms with van der Waals surface area (Å²) in [5.74, 6) is 0.754. The Morgan fingerprint density at radius 3 is 1.71 bits per heavy atom. The Balaban J connectivity index is 4.78. The molecule has 0 aromatic heterocycles. The lowest BCUT2D eigenvalue weighted by molar-refractivity contribution is 0.0582. The molecule has 0 bridgehead atoms. The monoisotopic (exact) mass is 242 g/mol. The van der Waals surface area contributed by atoms with Gasteiger partial charge in [-0.3, -0.25) is 4.90 Å². The van der Waals surface area contributed by atoms with Gasteiger partial charge in [-0.25, -0.2) is 0 Å². The van der Waals surface area contributed by atoms with Crippen LogP contribution in [0.15, 0.2) is 0 Å². The van der Waals surface area contributed by atoms with Crippen LogP contribution in [0.3, 0.4) is 0 Å². The predicted molar refractivity (Wildman–Crippen MR) is 78.3 cm³/mol. The Labute approximate surface area is 109 Å². The number of hydrogen-bond donors (Lipinski definition) is 1. The Bertz CT molecular complexity index is 181. The minimum Gasteiger partial charge on any atom is -0.326 e. The molecule has 0 aromatic rings. The zero-order chi connectivity index (χ0) is 13.5. The quantitative estimate of drug-likeness (QED) is 0.669. The van der Waals surface area contributed by atoms with Crippen LogP contribution in [-0.2, 0) is 0 Å². The van der Waals surface area contributed by atoms with Gasteiger partial charge < -0.3 is 5.73 Å². The zero-order valence-electron chi connectivity index (χ0n) is 12.9. The summed E-state index contributed by atoms with van der Waals surface area (Å²) < 4.78 is 0. The third-order valence-electron chi connectivity index (χ3n) is 4.36. The van der Waals surface area contributed by atoms with Crippen molar-refractivity contribution in [1.29, 1.82) is 0 Å². The molecule has 0 aromatic carbocycles. The van der Waals surface area contributed by atoms with Crippen LogP contribution in [0, 0.1) is 5.92 Å². The van der Waals surface area contributed by atoms with Gasteiger partial charge in [-0.15, -0.1) is 0 Å². The molecule has 1 unspecified atom stereocenters. The van der Waals surface area contributed by atoms with Crippen LogP contribution in [0.2, 0.25) is 0 Å². The summed E-state index contributed by atoms with van der Waals surface area (Å²) in [5, 5.41) is 0. The first-order valence-electron chi connectivity index (χ1n) is 7.48. The van der Waals surface area contributed by atoms with Gasteiger partial charge in [0, 0.05) is 11.6 Å². The van der Waals surface area contributed by atoms with E-state index in [0.29, 0.717) is 6.04 Å². The molecule has 0 saturated heterocycles. The van der Waals surface area contributed by atoms with Crippen LogP contribution in [0.4, 0.5) is 0 Å². The molecule has 0 fully saturated rings. The highest BCUT2D eigenvalue weighted by Crippen LogP contribution is 2.29. The molecule has 2 nitrogen and oxygen atoms in total. The Morgan fingerprint density at radius 1 is 0.941 bits per heavy atom. The van der Waals surface area contributed by atoms with Crippen molar-refractivity contribution in [3.05, 3.63) is 0 Å². The van der Waals surface area contributed by atoms with Crippen molar-refractivity contribution in [2.75, 3.05) is 13.1 Å². The SMILES string of the molecule is CCN(CC)C(CC)(CC)C(N)CCC(C)C. The van der Waals surface area contributed by atoms with Gasteiger partial charge in [-0.2, -0.15) is 0 Å². The summed E-state index contributed by atoms with van der Waals surface area (Å²) in [5.41, 5.74) is 6.74. The second-order valence-electron chi connectivity index (χ2n) is 5.56. The highest BCUT2D eigenvalue weighted by atomic mass is 15.2. The Morgan fingerprint density at radius 2 is 1.41 bits per heavy atom. The summed E-state index contributed by atoms with van der Waals surface area (Å²) >= 11 is 0. The molecule has 104 valence electrons. The lowest BCUT2D eigenvalue weighted by Gasteiger charge is -2.47. The van der Waals surface area contributed by atoms with Gasteiger partial charge in [0.25, 0.3) is 0 Å². The van der Waals surface area contributed by atoms with Crippen molar-refractivity contribution >= 4 is 0 Å². The second kappa shape index (κ2) is 8.10. The van der Waals surface area contributed by atoms with Gasteiger partial charge in [-0.05, 0) is 44.7 Å². The fraction of sp³-hybridized carbons (Fsp3) is 1.00. The van der Waals surface area contributed by atoms with E-state index < -0.39 is 0 Å². The van der Waals surface area contributed by atoms with E-state index in [1.54, 1.807) is 0 Å². The Kier molecular flexibility index (Phi) is 8.06. The molecule has 0 radical (unpaired) electrons. The largest absolute Gasteiger partial charge is 0.326 e. The van der Waals surface area contributed by atoms with E-state index >= 15 is 0 Å². The average Bonchev–Trinajstić information content (AvgIpc) is 2.33. The lowest BCUT2D eigenvalue weighted by atomic mass is 9.80. The van der Waals surface area contributed by atoms with Gasteiger partial charge in [0.15, 0.2) is 0 Å². The first-order chi connectivity index (χ1) is 7.98. The van der Waals surface area contributed by atoms with Crippen LogP contribution >= 0.6 is 0 Å². The average molecular weight is 242 g/mol. The highest BCUT2D eigenvalue weighted by Gasteiger charge is 2.37. The minimum atomic E-state index is 0.207. The number of nitrogens with two attached hydrogens (primary N) is 1. The van der Waals surface area contributed by atoms with Crippen molar-refractivity contribution in [3.63, 3.8) is 0 Å². The van der Waals surface area contributed by atoms with Gasteiger partial charge in [0.1, 0.15) is 0 Å². The molecule has 0 saturated carbocycles. The molecule has 1 atom stereocenters. The van der Waals surface area contributed by atoms with Crippen molar-refractivity contribution in [1.82, 2.24) is 4.90 Å². The minimum absolute atomic E-state index is 0.207. The fourth-order valence-electron chi connectivity index (χ4n) is 3.09. The smallest absolute Gasteiger partial charge is 0.0354 e. The van der Waals surface area contributed by atoms with E-state index in [4.69, 9.17) is 5.73 Å². The van der Waals surface area contributed by atoms with Crippen LogP contribution in [0.25, 0.3) is 0 Å². The van der Waals surface area contributed by atoms with E-state index in [0.717, 1.165) is 38.3 Å². The highest BCUT2D eigenvalue weighted by molar-refractivity contribution is 4.96. The summed E-state index contributed by atoms with van der Waals surface area (Å²) in [7, 11) is 0. The van der Waals surface area contributed by atoms with Crippen molar-refractivity contribution in [2.45, 2.75) is 78.8 Å². The van der Waals surface area contributed by atoms with Gasteiger partial charge in [0.2, 0.25) is 0 Å². The van der Waals surface area contributed by atoms with E-state index in [1.165, 1.54) is 6.42 Å². The molecular weight excluding hydrogens is 208 g/mol. The topological polar surface area (TPSA) is 29.3 Å². The van der Waals surface area contributed by atoms with Gasteiger partial charge in [0.05, 0.1) is 0 Å². The molecule has 0 spiro atoms. The first-order valence-corrected chi connectivity index (χ1v) is 7.48. The predicted octanol–water partition coefficient (Wildman–Crippen LogP) is 3.65. The molecule has 2 N–H and O–H groups in total. The molecule has 0 heterocycles. The third kappa shape index (κ3) is 4.26. The van der Waals surface area contributed by atoms with Crippen molar-refractivity contribution < 1.29 is 0 Å². The maximum absolute atomic E-state index is 6.53. The number of hydrogen-bond acceptors (Lipinski definition) is 2. The van der Waals surface area contributed by atoms with E-state index in [-0.39, 0.29) is 5.54 Å². The van der Waals surface area contributed by atoms with Crippen LogP contribution in [-0.4, -0.2) is 29.6 Å². The maximum atomic E-state index is 6.53. The van der Waals surface area contributed by atoms with Crippen LogP contribution < -0.4 is 5.73 Å². The molecule has 0 aliphatic heterocycles. The maximum Gasteiger partial charge on any atom is 0.0354 e. The normalized spacial score (nSPS) is 14.6. The zero-order valence-corrected chi connectivity index (χ0v) is 12.9. The number of nitrogens with zero attached hydrogens (tertiary/aromatic N) is 1. The Hall–Kier alpha value is -0.0800. The standard InChI is InChI=1S/C15H34N2/c1-7-15(8-2,17(9-3)10-4)14(16)12-11-13(5)6/h13-14H,7-12,16H2,1-6H3. The molecule has 0 rings (SSSR count). The van der Waals surface area contributed by atoms with E-state index in [2.05, 4.69) is 46.4 Å². The summed E-state index contributed by atoms with van der Waals surface area (Å²) in [6, 6.07) is 0.305. The van der Waals surface area contributed by atoms with Crippen molar-refractivity contribution in [3.8, 4) is 0 Å². The van der Waals surface area contributed by atoms with E-state index in [1.807, 2.05) is 0 Å². The second-order valence-corrected chi connectivity index (χ2v) is 5.56. The van der Waals surface area contributed by atoms with E-state index in [9.17, 15) is 0 Å². The molecule has 17 heavy (non-hydrogen) atoms. The summed E-state index contributed by atoms with van der Waals surface area (Å²) in [6.45, 7) is 15.8. The summed E-state index contributed by atoms with van der Waals surface area (Å²) in [4.78, 5) is 2.57. The fourth-order valence-corrected chi connectivity index (χ4v) is 3.09. The molecule has 0 aliphatic rings. The van der Waals surface area contributed by atoms with Gasteiger partial charge >= 0.3 is 0 Å². The van der Waals surface area contributed by atoms with Crippen LogP contribution in [0.5, 0.6) is 0 Å². The molecule has 2 heteroatoms. The van der Waals surface area contributed by atoms with Crippen LogP contribution in [0.1, 0.15) is 67.2 Å². The lowest BCUT2D eigenvalue weighted by Crippen LogP contribution is -2.59. The van der Waals surface area contributed by atoms with Crippen molar-refractivity contribution in [2.24, 2.45) is 11.7 Å². The molecule has 0 aliphatic carbocycles. The number of likely N-dealkylation sites (N-methyl/N-ethyl adjacent to an activating group) is 1. The molecular formula is C15H34N2. The molecule has 0 amide bonds.